The summed E-state index contributed by atoms with van der Waals surface area (Å²) in [6.45, 7) is 2.13. The highest BCUT2D eigenvalue weighted by molar-refractivity contribution is 5.41. The van der Waals surface area contributed by atoms with Crippen LogP contribution >= 0.6 is 0 Å². The average molecular weight is 249 g/mol. The number of anilines is 1. The number of piperidine rings is 1. The molecule has 0 aromatic carbocycles. The van der Waals surface area contributed by atoms with Crippen molar-refractivity contribution < 1.29 is 4.39 Å². The Balaban J connectivity index is 1.69. The standard InChI is InChI=1S/C14H20FN3/c15-11-4-7-14(17-9-11)18(13-5-6-13)10-12-3-1-2-8-16-12/h4,7,9,12-13,16H,1-3,5-6,8,10H2. The van der Waals surface area contributed by atoms with E-state index in [-0.39, 0.29) is 5.82 Å². The Kier molecular flexibility index (Phi) is 3.46. The van der Waals surface area contributed by atoms with Crippen LogP contribution in [0.25, 0.3) is 0 Å². The Morgan fingerprint density at radius 1 is 1.28 bits per heavy atom. The minimum absolute atomic E-state index is 0.259. The molecular formula is C14H20FN3. The lowest BCUT2D eigenvalue weighted by atomic mass is 10.0. The van der Waals surface area contributed by atoms with Crippen molar-refractivity contribution in [3.8, 4) is 0 Å². The third kappa shape index (κ3) is 2.80. The summed E-state index contributed by atoms with van der Waals surface area (Å²) in [4.78, 5) is 6.58. The lowest BCUT2D eigenvalue weighted by molar-refractivity contribution is 0.397. The van der Waals surface area contributed by atoms with Gasteiger partial charge in [-0.2, -0.15) is 0 Å². The second-order valence-corrected chi connectivity index (χ2v) is 5.36. The molecule has 1 aliphatic heterocycles. The zero-order valence-electron chi connectivity index (χ0n) is 10.6. The lowest BCUT2D eigenvalue weighted by Gasteiger charge is -2.31. The molecule has 1 unspecified atom stereocenters. The summed E-state index contributed by atoms with van der Waals surface area (Å²) >= 11 is 0. The fourth-order valence-corrected chi connectivity index (χ4v) is 2.67. The first-order chi connectivity index (χ1) is 8.83. The van der Waals surface area contributed by atoms with E-state index in [9.17, 15) is 4.39 Å². The second kappa shape index (κ2) is 5.22. The monoisotopic (exact) mass is 249 g/mol. The fourth-order valence-electron chi connectivity index (χ4n) is 2.67. The molecule has 4 heteroatoms. The molecule has 0 radical (unpaired) electrons. The van der Waals surface area contributed by atoms with Gasteiger partial charge in [-0.05, 0) is 44.4 Å². The zero-order valence-corrected chi connectivity index (χ0v) is 10.6. The summed E-state index contributed by atoms with van der Waals surface area (Å²) in [5, 5.41) is 3.57. The number of hydrogen-bond acceptors (Lipinski definition) is 3. The molecule has 2 fully saturated rings. The van der Waals surface area contributed by atoms with E-state index in [4.69, 9.17) is 0 Å². The van der Waals surface area contributed by atoms with Gasteiger partial charge in [-0.3, -0.25) is 0 Å². The molecule has 98 valence electrons. The summed E-state index contributed by atoms with van der Waals surface area (Å²) in [5.41, 5.74) is 0. The molecule has 1 N–H and O–H groups in total. The molecule has 1 aliphatic carbocycles. The maximum absolute atomic E-state index is 12.9. The molecule has 1 saturated carbocycles. The van der Waals surface area contributed by atoms with E-state index in [0.29, 0.717) is 12.1 Å². The van der Waals surface area contributed by atoms with Crippen LogP contribution in [0.15, 0.2) is 18.3 Å². The van der Waals surface area contributed by atoms with Crippen molar-refractivity contribution >= 4 is 5.82 Å². The Morgan fingerprint density at radius 3 is 2.78 bits per heavy atom. The van der Waals surface area contributed by atoms with E-state index in [2.05, 4.69) is 15.2 Å². The van der Waals surface area contributed by atoms with Crippen molar-refractivity contribution in [3.05, 3.63) is 24.1 Å². The third-order valence-electron chi connectivity index (χ3n) is 3.82. The molecule has 0 bridgehead atoms. The van der Waals surface area contributed by atoms with Crippen molar-refractivity contribution in [2.45, 2.75) is 44.2 Å². The van der Waals surface area contributed by atoms with Gasteiger partial charge in [-0.15, -0.1) is 0 Å². The van der Waals surface area contributed by atoms with Crippen LogP contribution in [0.3, 0.4) is 0 Å². The molecule has 2 heterocycles. The van der Waals surface area contributed by atoms with Crippen LogP contribution < -0.4 is 10.2 Å². The van der Waals surface area contributed by atoms with Gasteiger partial charge in [0, 0.05) is 18.6 Å². The number of aromatic nitrogens is 1. The van der Waals surface area contributed by atoms with Crippen molar-refractivity contribution in [1.29, 1.82) is 0 Å². The molecule has 18 heavy (non-hydrogen) atoms. The maximum atomic E-state index is 12.9. The fraction of sp³-hybridized carbons (Fsp3) is 0.643. The van der Waals surface area contributed by atoms with Crippen molar-refractivity contribution in [1.82, 2.24) is 10.3 Å². The predicted molar refractivity (Wildman–Crippen MR) is 70.2 cm³/mol. The van der Waals surface area contributed by atoms with Gasteiger partial charge in [0.05, 0.1) is 6.20 Å². The number of nitrogens with one attached hydrogen (secondary N) is 1. The minimum Gasteiger partial charge on any atom is -0.352 e. The smallest absolute Gasteiger partial charge is 0.141 e. The molecule has 3 rings (SSSR count). The number of nitrogens with zero attached hydrogens (tertiary/aromatic N) is 2. The van der Waals surface area contributed by atoms with Gasteiger partial charge < -0.3 is 10.2 Å². The number of rotatable bonds is 4. The maximum Gasteiger partial charge on any atom is 0.141 e. The van der Waals surface area contributed by atoms with Crippen molar-refractivity contribution in [2.24, 2.45) is 0 Å². The lowest BCUT2D eigenvalue weighted by Crippen LogP contribution is -2.44. The Labute approximate surface area is 107 Å². The SMILES string of the molecule is Fc1ccc(N(CC2CCCCN2)C2CC2)nc1. The summed E-state index contributed by atoms with van der Waals surface area (Å²) < 4.78 is 12.9. The van der Waals surface area contributed by atoms with Crippen LogP contribution in [0.5, 0.6) is 0 Å². The molecule has 0 spiro atoms. The van der Waals surface area contributed by atoms with Crippen LogP contribution in [-0.4, -0.2) is 30.2 Å². The summed E-state index contributed by atoms with van der Waals surface area (Å²) in [7, 11) is 0. The Hall–Kier alpha value is -1.16. The number of halogens is 1. The summed E-state index contributed by atoms with van der Waals surface area (Å²) in [5.74, 6) is 0.663. The van der Waals surface area contributed by atoms with Gasteiger partial charge in [0.1, 0.15) is 11.6 Å². The normalized spacial score (nSPS) is 23.9. The highest BCUT2D eigenvalue weighted by Gasteiger charge is 2.31. The van der Waals surface area contributed by atoms with E-state index in [1.54, 1.807) is 6.07 Å². The quantitative estimate of drug-likeness (QED) is 0.887. The van der Waals surface area contributed by atoms with Crippen molar-refractivity contribution in [2.75, 3.05) is 18.0 Å². The molecule has 1 atom stereocenters. The van der Waals surface area contributed by atoms with Crippen molar-refractivity contribution in [3.63, 3.8) is 0 Å². The van der Waals surface area contributed by atoms with Crippen LogP contribution in [0.4, 0.5) is 10.2 Å². The van der Waals surface area contributed by atoms with Gasteiger partial charge >= 0.3 is 0 Å². The van der Waals surface area contributed by atoms with Gasteiger partial charge in [-0.25, -0.2) is 9.37 Å². The van der Waals surface area contributed by atoms with E-state index in [0.717, 1.165) is 18.9 Å². The van der Waals surface area contributed by atoms with E-state index < -0.39 is 0 Å². The van der Waals surface area contributed by atoms with Gasteiger partial charge in [0.2, 0.25) is 0 Å². The van der Waals surface area contributed by atoms with Gasteiger partial charge in [-0.1, -0.05) is 6.42 Å². The topological polar surface area (TPSA) is 28.2 Å². The summed E-state index contributed by atoms with van der Waals surface area (Å²) in [6.07, 6.45) is 7.64. The van der Waals surface area contributed by atoms with E-state index in [1.807, 2.05) is 0 Å². The zero-order chi connectivity index (χ0) is 12.4. The van der Waals surface area contributed by atoms with Crippen LogP contribution in [-0.2, 0) is 0 Å². The predicted octanol–water partition coefficient (Wildman–Crippen LogP) is 2.33. The largest absolute Gasteiger partial charge is 0.352 e. The van der Waals surface area contributed by atoms with Gasteiger partial charge in [0.25, 0.3) is 0 Å². The average Bonchev–Trinajstić information content (AvgIpc) is 3.23. The van der Waals surface area contributed by atoms with Crippen LogP contribution in [0.2, 0.25) is 0 Å². The van der Waals surface area contributed by atoms with E-state index >= 15 is 0 Å². The van der Waals surface area contributed by atoms with E-state index in [1.165, 1.54) is 44.4 Å². The van der Waals surface area contributed by atoms with Crippen LogP contribution in [0.1, 0.15) is 32.1 Å². The second-order valence-electron chi connectivity index (χ2n) is 5.36. The molecule has 1 aromatic rings. The Morgan fingerprint density at radius 2 is 2.17 bits per heavy atom. The molecule has 1 saturated heterocycles. The first-order valence-electron chi connectivity index (χ1n) is 6.94. The van der Waals surface area contributed by atoms with Gasteiger partial charge in [0.15, 0.2) is 0 Å². The molecule has 1 aromatic heterocycles. The third-order valence-corrected chi connectivity index (χ3v) is 3.82. The minimum atomic E-state index is -0.259. The summed E-state index contributed by atoms with van der Waals surface area (Å²) in [6, 6.07) is 4.49. The first kappa shape index (κ1) is 11.9. The number of pyridine rings is 1. The van der Waals surface area contributed by atoms with Crippen LogP contribution in [0, 0.1) is 5.82 Å². The molecular weight excluding hydrogens is 229 g/mol. The highest BCUT2D eigenvalue weighted by atomic mass is 19.1. The molecule has 2 aliphatic rings. The molecule has 3 nitrogen and oxygen atoms in total. The molecule has 0 amide bonds. The highest BCUT2D eigenvalue weighted by Crippen LogP contribution is 2.31. The number of hydrogen-bond donors (Lipinski definition) is 1. The Bertz CT molecular complexity index is 383. The first-order valence-corrected chi connectivity index (χ1v) is 6.94.